The standard InChI is InChI=1S/C15H24N4.HI/c1-19(14-7-3-2-4-8-14)12-6-5-11-17-15(16)18-13-9-10-13;/h2-4,7-8,13H,5-6,9-12H2,1H3,(H3,16,17,18);1H. The van der Waals surface area contributed by atoms with Gasteiger partial charge in [-0.1, -0.05) is 18.2 Å². The minimum absolute atomic E-state index is 0. The van der Waals surface area contributed by atoms with E-state index in [0.29, 0.717) is 12.0 Å². The fraction of sp³-hybridized carbons (Fsp3) is 0.533. The van der Waals surface area contributed by atoms with Gasteiger partial charge >= 0.3 is 0 Å². The first kappa shape index (κ1) is 17.1. The van der Waals surface area contributed by atoms with E-state index >= 15 is 0 Å². The van der Waals surface area contributed by atoms with E-state index in [-0.39, 0.29) is 24.0 Å². The Hall–Kier alpha value is -0.980. The molecule has 0 aromatic heterocycles. The number of benzene rings is 1. The Morgan fingerprint density at radius 3 is 2.65 bits per heavy atom. The van der Waals surface area contributed by atoms with Gasteiger partial charge in [0.05, 0.1) is 0 Å². The molecule has 0 radical (unpaired) electrons. The highest BCUT2D eigenvalue weighted by atomic mass is 127. The molecule has 4 nitrogen and oxygen atoms in total. The minimum Gasteiger partial charge on any atom is -0.375 e. The van der Waals surface area contributed by atoms with E-state index in [1.54, 1.807) is 0 Å². The van der Waals surface area contributed by atoms with Crippen molar-refractivity contribution in [2.24, 2.45) is 10.7 Å². The fourth-order valence-electron chi connectivity index (χ4n) is 1.95. The third-order valence-electron chi connectivity index (χ3n) is 3.31. The maximum Gasteiger partial charge on any atom is 0.188 e. The molecule has 3 N–H and O–H groups in total. The van der Waals surface area contributed by atoms with Crippen molar-refractivity contribution >= 4 is 35.6 Å². The van der Waals surface area contributed by atoms with Gasteiger partial charge in [0.2, 0.25) is 0 Å². The minimum atomic E-state index is 0. The zero-order valence-corrected chi connectivity index (χ0v) is 14.4. The van der Waals surface area contributed by atoms with Gasteiger partial charge in [-0.2, -0.15) is 0 Å². The highest BCUT2D eigenvalue weighted by Gasteiger charge is 2.21. The number of rotatable bonds is 7. The van der Waals surface area contributed by atoms with Crippen molar-refractivity contribution < 1.29 is 0 Å². The molecule has 0 saturated heterocycles. The Kier molecular flexibility index (Phi) is 7.72. The van der Waals surface area contributed by atoms with Gasteiger partial charge in [0.1, 0.15) is 0 Å². The molecule has 0 amide bonds. The molecule has 5 heteroatoms. The molecule has 1 aliphatic carbocycles. The average Bonchev–Trinajstić information content (AvgIpc) is 3.23. The van der Waals surface area contributed by atoms with Crippen molar-refractivity contribution in [3.05, 3.63) is 30.3 Å². The van der Waals surface area contributed by atoms with Gasteiger partial charge in [-0.05, 0) is 37.8 Å². The third-order valence-corrected chi connectivity index (χ3v) is 3.31. The van der Waals surface area contributed by atoms with Gasteiger partial charge in [-0.3, -0.25) is 4.99 Å². The van der Waals surface area contributed by atoms with Crippen LogP contribution in [0.2, 0.25) is 0 Å². The molecule has 1 aromatic rings. The van der Waals surface area contributed by atoms with E-state index in [1.807, 2.05) is 6.07 Å². The number of hydrogen-bond donors (Lipinski definition) is 2. The average molecular weight is 388 g/mol. The Balaban J connectivity index is 0.00000200. The largest absolute Gasteiger partial charge is 0.375 e. The Bertz CT molecular complexity index is 404. The first-order chi connectivity index (χ1) is 9.25. The van der Waals surface area contributed by atoms with Crippen LogP contribution in [0.15, 0.2) is 35.3 Å². The van der Waals surface area contributed by atoms with E-state index in [1.165, 1.54) is 18.5 Å². The summed E-state index contributed by atoms with van der Waals surface area (Å²) < 4.78 is 0. The quantitative estimate of drug-likeness (QED) is 0.327. The zero-order chi connectivity index (χ0) is 13.5. The van der Waals surface area contributed by atoms with Crippen LogP contribution in [-0.4, -0.2) is 32.1 Å². The molecule has 2 rings (SSSR count). The summed E-state index contributed by atoms with van der Waals surface area (Å²) in [5, 5.41) is 3.20. The Morgan fingerprint density at radius 1 is 1.30 bits per heavy atom. The summed E-state index contributed by atoms with van der Waals surface area (Å²) >= 11 is 0. The van der Waals surface area contributed by atoms with E-state index < -0.39 is 0 Å². The molecule has 1 fully saturated rings. The second-order valence-electron chi connectivity index (χ2n) is 5.15. The molecule has 1 saturated carbocycles. The highest BCUT2D eigenvalue weighted by Crippen LogP contribution is 2.18. The summed E-state index contributed by atoms with van der Waals surface area (Å²) in [5.74, 6) is 0.610. The smallest absolute Gasteiger partial charge is 0.188 e. The van der Waals surface area contributed by atoms with Crippen LogP contribution in [0.3, 0.4) is 0 Å². The summed E-state index contributed by atoms with van der Waals surface area (Å²) in [5.41, 5.74) is 7.04. The van der Waals surface area contributed by atoms with Crippen LogP contribution in [0, 0.1) is 0 Å². The lowest BCUT2D eigenvalue weighted by atomic mass is 10.2. The summed E-state index contributed by atoms with van der Waals surface area (Å²) in [6.45, 7) is 1.86. The maximum absolute atomic E-state index is 5.78. The molecule has 112 valence electrons. The van der Waals surface area contributed by atoms with Gasteiger partial charge in [0.25, 0.3) is 0 Å². The van der Waals surface area contributed by atoms with Crippen molar-refractivity contribution in [2.45, 2.75) is 31.7 Å². The lowest BCUT2D eigenvalue weighted by molar-refractivity contribution is 0.724. The van der Waals surface area contributed by atoms with Gasteiger partial charge in [0.15, 0.2) is 5.96 Å². The maximum atomic E-state index is 5.78. The zero-order valence-electron chi connectivity index (χ0n) is 12.1. The lowest BCUT2D eigenvalue weighted by Crippen LogP contribution is -2.33. The van der Waals surface area contributed by atoms with Crippen molar-refractivity contribution in [2.75, 3.05) is 25.0 Å². The molecular weight excluding hydrogens is 363 g/mol. The molecule has 1 aliphatic rings. The van der Waals surface area contributed by atoms with E-state index in [9.17, 15) is 0 Å². The van der Waals surface area contributed by atoms with Gasteiger partial charge in [-0.15, -0.1) is 24.0 Å². The molecule has 20 heavy (non-hydrogen) atoms. The Labute approximate surface area is 138 Å². The van der Waals surface area contributed by atoms with E-state index in [2.05, 4.69) is 46.5 Å². The fourth-order valence-corrected chi connectivity index (χ4v) is 1.95. The summed E-state index contributed by atoms with van der Waals surface area (Å²) in [7, 11) is 2.13. The number of para-hydroxylation sites is 1. The number of aliphatic imine (C=N–C) groups is 1. The van der Waals surface area contributed by atoms with Crippen molar-refractivity contribution in [3.63, 3.8) is 0 Å². The number of halogens is 1. The molecule has 1 aromatic carbocycles. The number of nitrogens with one attached hydrogen (secondary N) is 1. The van der Waals surface area contributed by atoms with Gasteiger partial charge in [0, 0.05) is 31.9 Å². The van der Waals surface area contributed by atoms with Crippen molar-refractivity contribution in [1.82, 2.24) is 5.32 Å². The summed E-state index contributed by atoms with van der Waals surface area (Å²) in [6, 6.07) is 11.0. The monoisotopic (exact) mass is 388 g/mol. The number of nitrogens with two attached hydrogens (primary N) is 1. The number of nitrogens with zero attached hydrogens (tertiary/aromatic N) is 2. The van der Waals surface area contributed by atoms with Crippen molar-refractivity contribution in [1.29, 1.82) is 0 Å². The van der Waals surface area contributed by atoms with Gasteiger partial charge < -0.3 is 16.0 Å². The van der Waals surface area contributed by atoms with Crippen LogP contribution < -0.4 is 16.0 Å². The van der Waals surface area contributed by atoms with E-state index in [0.717, 1.165) is 25.9 Å². The molecule has 0 spiro atoms. The molecule has 0 bridgehead atoms. The van der Waals surface area contributed by atoms with Crippen LogP contribution >= 0.6 is 24.0 Å². The van der Waals surface area contributed by atoms with Crippen LogP contribution in [0.4, 0.5) is 5.69 Å². The second-order valence-corrected chi connectivity index (χ2v) is 5.15. The van der Waals surface area contributed by atoms with Crippen LogP contribution in [0.1, 0.15) is 25.7 Å². The molecule has 0 unspecified atom stereocenters. The topological polar surface area (TPSA) is 53.6 Å². The first-order valence-electron chi connectivity index (χ1n) is 7.08. The summed E-state index contributed by atoms with van der Waals surface area (Å²) in [6.07, 6.45) is 4.67. The number of hydrogen-bond acceptors (Lipinski definition) is 2. The predicted molar refractivity (Wildman–Crippen MR) is 97.0 cm³/mol. The number of anilines is 1. The van der Waals surface area contributed by atoms with E-state index in [4.69, 9.17) is 5.73 Å². The predicted octanol–water partition coefficient (Wildman–Crippen LogP) is 2.59. The number of guanidine groups is 1. The Morgan fingerprint density at radius 2 is 2.00 bits per heavy atom. The second kappa shape index (κ2) is 9.05. The summed E-state index contributed by atoms with van der Waals surface area (Å²) in [4.78, 5) is 6.61. The molecule has 0 aliphatic heterocycles. The molecule has 0 heterocycles. The van der Waals surface area contributed by atoms with Gasteiger partial charge in [-0.25, -0.2) is 0 Å². The molecule has 0 atom stereocenters. The third kappa shape index (κ3) is 6.45. The normalized spacial score (nSPS) is 14.6. The SMILES string of the molecule is CN(CCCCN=C(N)NC1CC1)c1ccccc1.I. The van der Waals surface area contributed by atoms with Crippen LogP contribution in [0.5, 0.6) is 0 Å². The lowest BCUT2D eigenvalue weighted by Gasteiger charge is -2.18. The van der Waals surface area contributed by atoms with Crippen LogP contribution in [0.25, 0.3) is 0 Å². The molecular formula is C15H25IN4. The highest BCUT2D eigenvalue weighted by molar-refractivity contribution is 14.0. The number of unbranched alkanes of at least 4 members (excludes halogenated alkanes) is 1. The first-order valence-corrected chi connectivity index (χ1v) is 7.08. The van der Waals surface area contributed by atoms with Crippen LogP contribution in [-0.2, 0) is 0 Å². The van der Waals surface area contributed by atoms with Crippen molar-refractivity contribution in [3.8, 4) is 0 Å².